The van der Waals surface area contributed by atoms with Gasteiger partial charge >= 0.3 is 0 Å². The van der Waals surface area contributed by atoms with Gasteiger partial charge in [-0.2, -0.15) is 5.26 Å². The van der Waals surface area contributed by atoms with Crippen molar-refractivity contribution in [3.8, 4) is 11.8 Å². The number of nitriles is 1. The molecule has 2 atom stereocenters. The van der Waals surface area contributed by atoms with Gasteiger partial charge in [0, 0.05) is 24.7 Å². The SMILES string of the molecule is COc1ccc(CC(C)(C)NCC(O)C2CCCCN2Cc2ccccc2C#N)cc1. The summed E-state index contributed by atoms with van der Waals surface area (Å²) in [6.07, 6.45) is 3.66. The summed E-state index contributed by atoms with van der Waals surface area (Å²) in [4.78, 5) is 2.35. The standard InChI is InChI=1S/C26H35N3O2/c1-26(2,16-20-11-13-23(31-3)14-12-20)28-18-25(30)24-10-6-7-15-29(24)19-22-9-5-4-8-21(22)17-27/h4-5,8-9,11-14,24-25,28,30H,6-7,10,15-16,18-19H2,1-3H3. The van der Waals surface area contributed by atoms with Crippen LogP contribution in [0.5, 0.6) is 5.75 Å². The molecule has 1 saturated heterocycles. The van der Waals surface area contributed by atoms with Crippen LogP contribution in [-0.4, -0.2) is 47.9 Å². The Balaban J connectivity index is 1.59. The number of likely N-dealkylation sites (tertiary alicyclic amines) is 1. The molecular formula is C26H35N3O2. The largest absolute Gasteiger partial charge is 0.497 e. The second-order valence-electron chi connectivity index (χ2n) is 9.16. The maximum atomic E-state index is 11.1. The molecule has 2 unspecified atom stereocenters. The van der Waals surface area contributed by atoms with Crippen LogP contribution in [-0.2, 0) is 13.0 Å². The van der Waals surface area contributed by atoms with Crippen molar-refractivity contribution in [1.29, 1.82) is 5.26 Å². The van der Waals surface area contributed by atoms with Gasteiger partial charge in [-0.15, -0.1) is 0 Å². The molecule has 0 radical (unpaired) electrons. The number of piperidine rings is 1. The fourth-order valence-corrected chi connectivity index (χ4v) is 4.47. The summed E-state index contributed by atoms with van der Waals surface area (Å²) >= 11 is 0. The van der Waals surface area contributed by atoms with Crippen molar-refractivity contribution >= 4 is 0 Å². The number of ether oxygens (including phenoxy) is 1. The highest BCUT2D eigenvalue weighted by Crippen LogP contribution is 2.24. The molecule has 5 heteroatoms. The highest BCUT2D eigenvalue weighted by molar-refractivity contribution is 5.37. The lowest BCUT2D eigenvalue weighted by atomic mass is 9.92. The number of rotatable bonds is 9. The number of benzene rings is 2. The van der Waals surface area contributed by atoms with Gasteiger partial charge in [0.25, 0.3) is 0 Å². The second-order valence-corrected chi connectivity index (χ2v) is 9.16. The van der Waals surface area contributed by atoms with Gasteiger partial charge in [0.15, 0.2) is 0 Å². The molecule has 1 aliphatic rings. The van der Waals surface area contributed by atoms with Gasteiger partial charge in [-0.05, 0) is 69.0 Å². The quantitative estimate of drug-likeness (QED) is 0.643. The van der Waals surface area contributed by atoms with Crippen molar-refractivity contribution < 1.29 is 9.84 Å². The molecule has 1 fully saturated rings. The van der Waals surface area contributed by atoms with E-state index in [4.69, 9.17) is 4.74 Å². The summed E-state index contributed by atoms with van der Waals surface area (Å²) in [7, 11) is 1.68. The monoisotopic (exact) mass is 421 g/mol. The predicted octanol–water partition coefficient (Wildman–Crippen LogP) is 3.89. The highest BCUT2D eigenvalue weighted by atomic mass is 16.5. The summed E-state index contributed by atoms with van der Waals surface area (Å²) in [6.45, 7) is 6.55. The van der Waals surface area contributed by atoms with E-state index in [1.165, 1.54) is 5.56 Å². The molecule has 31 heavy (non-hydrogen) atoms. The molecule has 0 amide bonds. The van der Waals surface area contributed by atoms with Crippen molar-refractivity contribution in [3.05, 3.63) is 65.2 Å². The number of aliphatic hydroxyl groups excluding tert-OH is 1. The van der Waals surface area contributed by atoms with E-state index in [0.717, 1.165) is 49.1 Å². The van der Waals surface area contributed by atoms with Gasteiger partial charge in [0.05, 0.1) is 24.8 Å². The van der Waals surface area contributed by atoms with E-state index < -0.39 is 6.10 Å². The Hall–Kier alpha value is -2.39. The lowest BCUT2D eigenvalue weighted by molar-refractivity contribution is 0.0183. The van der Waals surface area contributed by atoms with Gasteiger partial charge in [-0.25, -0.2) is 0 Å². The number of nitrogens with zero attached hydrogens (tertiary/aromatic N) is 2. The first-order valence-corrected chi connectivity index (χ1v) is 11.2. The van der Waals surface area contributed by atoms with Crippen molar-refractivity contribution in [3.63, 3.8) is 0 Å². The van der Waals surface area contributed by atoms with E-state index in [-0.39, 0.29) is 11.6 Å². The summed E-state index contributed by atoms with van der Waals surface area (Å²) in [5, 5.41) is 24.1. The number of hydrogen-bond acceptors (Lipinski definition) is 5. The predicted molar refractivity (Wildman–Crippen MR) is 124 cm³/mol. The van der Waals surface area contributed by atoms with E-state index in [9.17, 15) is 10.4 Å². The number of hydrogen-bond donors (Lipinski definition) is 2. The summed E-state index contributed by atoms with van der Waals surface area (Å²) in [5.41, 5.74) is 2.86. The molecule has 0 aromatic heterocycles. The van der Waals surface area contributed by atoms with Gasteiger partial charge in [-0.3, -0.25) is 4.90 Å². The topological polar surface area (TPSA) is 68.5 Å². The van der Waals surface area contributed by atoms with Crippen LogP contribution < -0.4 is 10.1 Å². The van der Waals surface area contributed by atoms with Crippen molar-refractivity contribution in [2.24, 2.45) is 0 Å². The maximum absolute atomic E-state index is 11.1. The molecule has 166 valence electrons. The van der Waals surface area contributed by atoms with E-state index in [1.54, 1.807) is 7.11 Å². The number of β-amino-alcohol motifs (C(OH)–C–C–N with tert-alkyl or cyclic N) is 1. The first-order chi connectivity index (χ1) is 14.9. The Bertz CT molecular complexity index is 873. The van der Waals surface area contributed by atoms with E-state index >= 15 is 0 Å². The first-order valence-electron chi connectivity index (χ1n) is 11.2. The Kier molecular flexibility index (Phi) is 8.09. The van der Waals surface area contributed by atoms with Crippen LogP contribution in [0.3, 0.4) is 0 Å². The third kappa shape index (κ3) is 6.54. The Morgan fingerprint density at radius 3 is 2.65 bits per heavy atom. The van der Waals surface area contributed by atoms with Crippen LogP contribution in [0.25, 0.3) is 0 Å². The van der Waals surface area contributed by atoms with Crippen LogP contribution in [0.2, 0.25) is 0 Å². The molecule has 3 rings (SSSR count). The second kappa shape index (κ2) is 10.8. The molecule has 0 aliphatic carbocycles. The fourth-order valence-electron chi connectivity index (χ4n) is 4.47. The molecule has 5 nitrogen and oxygen atoms in total. The Labute approximate surface area is 186 Å². The third-order valence-corrected chi connectivity index (χ3v) is 6.21. The van der Waals surface area contributed by atoms with Crippen molar-refractivity contribution in [2.75, 3.05) is 20.2 Å². The summed E-state index contributed by atoms with van der Waals surface area (Å²) in [6, 6.07) is 18.3. The third-order valence-electron chi connectivity index (χ3n) is 6.21. The van der Waals surface area contributed by atoms with Gasteiger partial charge in [0.2, 0.25) is 0 Å². The van der Waals surface area contributed by atoms with Crippen LogP contribution >= 0.6 is 0 Å². The van der Waals surface area contributed by atoms with Crippen molar-refractivity contribution in [1.82, 2.24) is 10.2 Å². The average Bonchev–Trinajstić information content (AvgIpc) is 2.78. The number of methoxy groups -OCH3 is 1. The molecule has 0 spiro atoms. The minimum atomic E-state index is -0.454. The Morgan fingerprint density at radius 1 is 1.19 bits per heavy atom. The molecule has 0 saturated carbocycles. The number of nitrogens with one attached hydrogen (secondary N) is 1. The normalized spacial score (nSPS) is 18.4. The molecular weight excluding hydrogens is 386 g/mol. The maximum Gasteiger partial charge on any atom is 0.118 e. The molecule has 0 bridgehead atoms. The van der Waals surface area contributed by atoms with Crippen LogP contribution in [0, 0.1) is 11.3 Å². The molecule has 1 heterocycles. The van der Waals surface area contributed by atoms with Crippen LogP contribution in [0.15, 0.2) is 48.5 Å². The molecule has 2 aromatic carbocycles. The fraction of sp³-hybridized carbons (Fsp3) is 0.500. The molecule has 2 N–H and O–H groups in total. The van der Waals surface area contributed by atoms with E-state index in [2.05, 4.69) is 42.3 Å². The zero-order valence-electron chi connectivity index (χ0n) is 19.0. The van der Waals surface area contributed by atoms with Crippen LogP contribution in [0.1, 0.15) is 49.8 Å². The lowest BCUT2D eigenvalue weighted by Gasteiger charge is -2.40. The average molecular weight is 422 g/mol. The van der Waals surface area contributed by atoms with E-state index in [0.29, 0.717) is 13.1 Å². The molecule has 2 aromatic rings. The lowest BCUT2D eigenvalue weighted by Crippen LogP contribution is -2.53. The minimum Gasteiger partial charge on any atom is -0.497 e. The van der Waals surface area contributed by atoms with Crippen LogP contribution in [0.4, 0.5) is 0 Å². The smallest absolute Gasteiger partial charge is 0.118 e. The molecule has 1 aliphatic heterocycles. The van der Waals surface area contributed by atoms with Gasteiger partial charge in [-0.1, -0.05) is 36.8 Å². The zero-order valence-corrected chi connectivity index (χ0v) is 19.0. The zero-order chi connectivity index (χ0) is 22.3. The summed E-state index contributed by atoms with van der Waals surface area (Å²) in [5.74, 6) is 0.861. The first kappa shape index (κ1) is 23.3. The summed E-state index contributed by atoms with van der Waals surface area (Å²) < 4.78 is 5.24. The van der Waals surface area contributed by atoms with Crippen molar-refractivity contribution in [2.45, 2.75) is 63.8 Å². The van der Waals surface area contributed by atoms with E-state index in [1.807, 2.05) is 36.4 Å². The van der Waals surface area contributed by atoms with Gasteiger partial charge in [0.1, 0.15) is 5.75 Å². The minimum absolute atomic E-state index is 0.102. The Morgan fingerprint density at radius 2 is 1.94 bits per heavy atom. The highest BCUT2D eigenvalue weighted by Gasteiger charge is 2.30. The number of aliphatic hydroxyl groups is 1. The van der Waals surface area contributed by atoms with Gasteiger partial charge < -0.3 is 15.2 Å².